The smallest absolute Gasteiger partial charge is 0.135 e. The maximum Gasteiger partial charge on any atom is 0.135 e. The van der Waals surface area contributed by atoms with Gasteiger partial charge in [-0.3, -0.25) is 0 Å². The second kappa shape index (κ2) is 21.8. The first kappa shape index (κ1) is 50.3. The minimum atomic E-state index is 0.0689. The molecule has 0 aliphatic heterocycles. The minimum absolute atomic E-state index is 0.0689. The highest BCUT2D eigenvalue weighted by Gasteiger charge is 2.22. The lowest BCUT2D eigenvalue weighted by Crippen LogP contribution is -2.10. The van der Waals surface area contributed by atoms with E-state index in [0.717, 1.165) is 69.9 Å². The van der Waals surface area contributed by atoms with Crippen LogP contribution in [0.25, 0.3) is 0 Å². The Kier molecular flexibility index (Phi) is 15.9. The molecule has 0 heterocycles. The highest BCUT2D eigenvalue weighted by atomic mass is 16.5. The Morgan fingerprint density at radius 2 is 0.565 bits per heavy atom. The van der Waals surface area contributed by atoms with E-state index in [1.54, 1.807) is 0 Å². The molecule has 0 saturated carbocycles. The van der Waals surface area contributed by atoms with E-state index in [9.17, 15) is 0 Å². The molecule has 1 aliphatic carbocycles. The number of rotatable bonds is 9. The number of fused-ring (bicyclic) bond motifs is 3. The molecular formula is C66H72O3. The second-order valence-corrected chi connectivity index (χ2v) is 21.7. The maximum absolute atomic E-state index is 6.55. The van der Waals surface area contributed by atoms with Gasteiger partial charge in [0.25, 0.3) is 0 Å². The van der Waals surface area contributed by atoms with Crippen LogP contribution in [0.1, 0.15) is 186 Å². The fourth-order valence-corrected chi connectivity index (χ4v) is 8.47. The molecule has 0 radical (unpaired) electrons. The van der Waals surface area contributed by atoms with Crippen LogP contribution in [0, 0.1) is 35.5 Å². The van der Waals surface area contributed by atoms with Crippen molar-refractivity contribution in [2.75, 3.05) is 19.8 Å². The van der Waals surface area contributed by atoms with Crippen molar-refractivity contribution in [1.29, 1.82) is 0 Å². The molecule has 0 N–H and O–H groups in total. The lowest BCUT2D eigenvalue weighted by atomic mass is 9.87. The summed E-state index contributed by atoms with van der Waals surface area (Å²) in [6.45, 7) is 28.4. The molecule has 3 nitrogen and oxygen atoms in total. The predicted octanol–water partition coefficient (Wildman–Crippen LogP) is 15.2. The predicted molar refractivity (Wildman–Crippen MR) is 288 cm³/mol. The van der Waals surface area contributed by atoms with Crippen molar-refractivity contribution in [3.05, 3.63) is 193 Å². The van der Waals surface area contributed by atoms with Crippen LogP contribution in [0.3, 0.4) is 0 Å². The van der Waals surface area contributed by atoms with E-state index in [-0.39, 0.29) is 16.2 Å². The van der Waals surface area contributed by atoms with Crippen LogP contribution in [0.2, 0.25) is 0 Å². The largest absolute Gasteiger partial charge is 0.492 e. The molecule has 0 aromatic heterocycles. The number of ether oxygens (including phenoxy) is 3. The lowest BCUT2D eigenvalue weighted by Gasteiger charge is -2.18. The van der Waals surface area contributed by atoms with Crippen molar-refractivity contribution in [2.45, 2.75) is 138 Å². The Labute approximate surface area is 415 Å². The van der Waals surface area contributed by atoms with E-state index in [1.807, 2.05) is 0 Å². The molecule has 0 fully saturated rings. The zero-order valence-electron chi connectivity index (χ0n) is 43.5. The Balaban J connectivity index is 1.41. The summed E-state index contributed by atoms with van der Waals surface area (Å²) in [5, 5.41) is 0. The summed E-state index contributed by atoms with van der Waals surface area (Å²) in [6.07, 6.45) is 4.77. The SMILES string of the molecule is CCCOc1cc2c(cc1C#Cc1ccc(C(C)(C)C)cc1)Cc1cc(OCCC)c(C#Cc3ccc(C(C)(C)C)cc3)cc1Cc1cc(OCCC)c(C#Cc3ccc(C(C)(C)C)cc3)cc1C2. The van der Waals surface area contributed by atoms with Gasteiger partial charge < -0.3 is 14.2 Å². The third kappa shape index (κ3) is 13.1. The molecule has 6 aromatic carbocycles. The second-order valence-electron chi connectivity index (χ2n) is 21.7. The summed E-state index contributed by atoms with van der Waals surface area (Å²) < 4.78 is 19.7. The summed E-state index contributed by atoms with van der Waals surface area (Å²) in [5.41, 5.74) is 16.9. The average Bonchev–Trinajstić information content (AvgIpc) is 3.37. The van der Waals surface area contributed by atoms with E-state index in [0.29, 0.717) is 39.1 Å². The Bertz CT molecular complexity index is 2620. The molecule has 69 heavy (non-hydrogen) atoms. The van der Waals surface area contributed by atoms with Crippen LogP contribution < -0.4 is 14.2 Å². The summed E-state index contributed by atoms with van der Waals surface area (Å²) in [7, 11) is 0. The van der Waals surface area contributed by atoms with Crippen LogP contribution in [0.5, 0.6) is 17.2 Å². The first-order chi connectivity index (χ1) is 32.9. The minimum Gasteiger partial charge on any atom is -0.492 e. The van der Waals surface area contributed by atoms with Gasteiger partial charge in [-0.05, 0) is 178 Å². The lowest BCUT2D eigenvalue weighted by molar-refractivity contribution is 0.316. The van der Waals surface area contributed by atoms with Gasteiger partial charge in [0.1, 0.15) is 17.2 Å². The molecule has 3 heteroatoms. The molecule has 6 aromatic rings. The maximum atomic E-state index is 6.55. The fourth-order valence-electron chi connectivity index (χ4n) is 8.47. The molecule has 7 rings (SSSR count). The van der Waals surface area contributed by atoms with E-state index in [1.165, 1.54) is 50.1 Å². The molecule has 0 bridgehead atoms. The van der Waals surface area contributed by atoms with Crippen molar-refractivity contribution in [1.82, 2.24) is 0 Å². The molecule has 0 unspecified atom stereocenters. The number of hydrogen-bond donors (Lipinski definition) is 0. The van der Waals surface area contributed by atoms with E-state index >= 15 is 0 Å². The van der Waals surface area contributed by atoms with Crippen LogP contribution in [0.4, 0.5) is 0 Å². The van der Waals surface area contributed by atoms with E-state index < -0.39 is 0 Å². The van der Waals surface area contributed by atoms with Gasteiger partial charge in [-0.2, -0.15) is 0 Å². The quantitative estimate of drug-likeness (QED) is 0.135. The Hall–Kier alpha value is -6.60. The fraction of sp³-hybridized carbons (Fsp3) is 0.364. The monoisotopic (exact) mass is 913 g/mol. The highest BCUT2D eigenvalue weighted by Crippen LogP contribution is 2.37. The number of benzene rings is 6. The topological polar surface area (TPSA) is 27.7 Å². The Morgan fingerprint density at radius 3 is 0.783 bits per heavy atom. The summed E-state index contributed by atoms with van der Waals surface area (Å²) >= 11 is 0. The van der Waals surface area contributed by atoms with Crippen LogP contribution in [-0.2, 0) is 35.5 Å². The average molecular weight is 913 g/mol. The van der Waals surface area contributed by atoms with Gasteiger partial charge in [0.15, 0.2) is 0 Å². The Morgan fingerprint density at radius 1 is 0.333 bits per heavy atom. The highest BCUT2D eigenvalue weighted by molar-refractivity contribution is 5.62. The molecule has 0 spiro atoms. The van der Waals surface area contributed by atoms with Crippen molar-refractivity contribution in [3.8, 4) is 52.8 Å². The van der Waals surface area contributed by atoms with E-state index in [2.05, 4.69) is 228 Å². The first-order valence-corrected chi connectivity index (χ1v) is 25.1. The summed E-state index contributed by atoms with van der Waals surface area (Å²) in [4.78, 5) is 0. The molecular weight excluding hydrogens is 841 g/mol. The third-order valence-electron chi connectivity index (χ3n) is 12.7. The van der Waals surface area contributed by atoms with Gasteiger partial charge in [-0.15, -0.1) is 0 Å². The normalized spacial score (nSPS) is 12.2. The van der Waals surface area contributed by atoms with Crippen molar-refractivity contribution in [2.24, 2.45) is 0 Å². The van der Waals surface area contributed by atoms with Crippen molar-refractivity contribution in [3.63, 3.8) is 0 Å². The molecule has 0 amide bonds. The molecule has 0 atom stereocenters. The van der Waals surface area contributed by atoms with Gasteiger partial charge in [0.2, 0.25) is 0 Å². The third-order valence-corrected chi connectivity index (χ3v) is 12.7. The van der Waals surface area contributed by atoms with Crippen molar-refractivity contribution >= 4 is 0 Å². The van der Waals surface area contributed by atoms with Crippen LogP contribution in [-0.4, -0.2) is 19.8 Å². The molecule has 0 saturated heterocycles. The van der Waals surface area contributed by atoms with Gasteiger partial charge in [0.05, 0.1) is 36.5 Å². The van der Waals surface area contributed by atoms with Crippen LogP contribution in [0.15, 0.2) is 109 Å². The summed E-state index contributed by atoms with van der Waals surface area (Å²) in [6, 6.07) is 39.5. The zero-order valence-corrected chi connectivity index (χ0v) is 43.5. The summed E-state index contributed by atoms with van der Waals surface area (Å²) in [5.74, 6) is 23.6. The van der Waals surface area contributed by atoms with Gasteiger partial charge in [-0.25, -0.2) is 0 Å². The van der Waals surface area contributed by atoms with E-state index in [4.69, 9.17) is 14.2 Å². The van der Waals surface area contributed by atoms with Gasteiger partial charge in [-0.1, -0.05) is 155 Å². The first-order valence-electron chi connectivity index (χ1n) is 25.1. The standard InChI is InChI=1S/C66H72O3/c1-13-34-67-61-43-55-40-53-38-50(26-17-47-21-30-59(31-22-47)65(7,8)9)63(69-36-15-3)45-57(53)42-54-39-51(27-18-48-23-32-60(33-24-48)66(10,11)12)62(68-35-14-2)44-56(54)41-52(55)37-49(61)25-16-46-19-28-58(29-20-46)64(4,5)6/h19-24,28-33,37-39,43-45H,13-15,34-36,40-42H2,1-12H3. The number of hydrogen-bond acceptors (Lipinski definition) is 3. The zero-order chi connectivity index (χ0) is 49.3. The van der Waals surface area contributed by atoms with Crippen molar-refractivity contribution < 1.29 is 14.2 Å². The van der Waals surface area contributed by atoms with Crippen LogP contribution >= 0.6 is 0 Å². The van der Waals surface area contributed by atoms with Gasteiger partial charge >= 0.3 is 0 Å². The van der Waals surface area contributed by atoms with Gasteiger partial charge in [0, 0.05) is 16.7 Å². The molecule has 354 valence electrons. The molecule has 1 aliphatic rings.